The average molecular weight is 301 g/mol. The molecule has 1 atom stereocenters. The first-order chi connectivity index (χ1) is 10.1. The molecule has 0 amide bonds. The number of nitrogens with zero attached hydrogens (tertiary/aromatic N) is 1. The van der Waals surface area contributed by atoms with Crippen LogP contribution in [0.4, 0.5) is 0 Å². The largest absolute Gasteiger partial charge is 0.261 e. The van der Waals surface area contributed by atoms with E-state index >= 15 is 0 Å². The minimum atomic E-state index is -0.980. The Kier molecular flexibility index (Phi) is 5.49. The van der Waals surface area contributed by atoms with Crippen molar-refractivity contribution in [2.24, 2.45) is 0 Å². The van der Waals surface area contributed by atoms with Crippen LogP contribution in [0.2, 0.25) is 0 Å². The fourth-order valence-electron chi connectivity index (χ4n) is 2.66. The van der Waals surface area contributed by atoms with E-state index in [1.165, 1.54) is 16.7 Å². The highest BCUT2D eigenvalue weighted by Gasteiger charge is 2.27. The first kappa shape index (κ1) is 16.1. The number of benzene rings is 1. The number of rotatable bonds is 6. The molecule has 0 aromatic heterocycles. The third kappa shape index (κ3) is 3.69. The van der Waals surface area contributed by atoms with Crippen molar-refractivity contribution in [3.8, 4) is 0 Å². The molecule has 0 spiro atoms. The summed E-state index contributed by atoms with van der Waals surface area (Å²) in [6, 6.07) is 10.7. The van der Waals surface area contributed by atoms with Gasteiger partial charge in [0.1, 0.15) is 0 Å². The van der Waals surface area contributed by atoms with Gasteiger partial charge in [-0.3, -0.25) is 4.31 Å². The summed E-state index contributed by atoms with van der Waals surface area (Å²) in [5.74, 6) is 1.13. The molecule has 1 aromatic rings. The topological polar surface area (TPSA) is 3.24 Å². The van der Waals surface area contributed by atoms with E-state index in [0.29, 0.717) is 0 Å². The number of allylic oxidation sites excluding steroid dienone is 3. The quantitative estimate of drug-likeness (QED) is 0.620. The van der Waals surface area contributed by atoms with Gasteiger partial charge >= 0.3 is 0 Å². The summed E-state index contributed by atoms with van der Waals surface area (Å²) in [5.41, 5.74) is 4.11. The zero-order valence-electron chi connectivity index (χ0n) is 13.7. The van der Waals surface area contributed by atoms with Gasteiger partial charge in [0, 0.05) is 18.8 Å². The van der Waals surface area contributed by atoms with E-state index in [1.807, 2.05) is 0 Å². The van der Waals surface area contributed by atoms with E-state index in [9.17, 15) is 0 Å². The Morgan fingerprint density at radius 1 is 1.10 bits per heavy atom. The maximum absolute atomic E-state index is 2.62. The minimum Gasteiger partial charge on any atom is -0.261 e. The van der Waals surface area contributed by atoms with Crippen molar-refractivity contribution in [2.75, 3.05) is 18.8 Å². The van der Waals surface area contributed by atoms with Crippen LogP contribution >= 0.6 is 10.2 Å². The molecule has 1 aliphatic heterocycles. The minimum absolute atomic E-state index is 0.980. The lowest BCUT2D eigenvalue weighted by atomic mass is 10.1. The average Bonchev–Trinajstić information content (AvgIpc) is 2.93. The number of hydrogen-bond acceptors (Lipinski definition) is 1. The Morgan fingerprint density at radius 3 is 2.33 bits per heavy atom. The van der Waals surface area contributed by atoms with Crippen molar-refractivity contribution in [1.29, 1.82) is 0 Å². The first-order valence-electron chi connectivity index (χ1n) is 7.76. The van der Waals surface area contributed by atoms with E-state index in [2.05, 4.69) is 85.3 Å². The molecule has 0 fully saturated rings. The highest BCUT2D eigenvalue weighted by atomic mass is 32.3. The highest BCUT2D eigenvalue weighted by Crippen LogP contribution is 2.59. The number of hydrogen-bond donors (Lipinski definition) is 0. The maximum atomic E-state index is 2.62. The maximum Gasteiger partial charge on any atom is 0.0147 e. The molecule has 2 heteroatoms. The van der Waals surface area contributed by atoms with Crippen LogP contribution in [0.5, 0.6) is 0 Å². The molecule has 1 unspecified atom stereocenters. The Balaban J connectivity index is 2.37. The van der Waals surface area contributed by atoms with Crippen LogP contribution in [0.15, 0.2) is 58.9 Å². The summed E-state index contributed by atoms with van der Waals surface area (Å²) >= 11 is 0. The van der Waals surface area contributed by atoms with Gasteiger partial charge in [0.2, 0.25) is 0 Å². The summed E-state index contributed by atoms with van der Waals surface area (Å²) in [5, 5.41) is 4.98. The van der Waals surface area contributed by atoms with Gasteiger partial charge in [0.15, 0.2) is 0 Å². The summed E-state index contributed by atoms with van der Waals surface area (Å²) in [4.78, 5) is 0. The monoisotopic (exact) mass is 301 g/mol. The van der Waals surface area contributed by atoms with E-state index in [4.69, 9.17) is 0 Å². The van der Waals surface area contributed by atoms with Crippen molar-refractivity contribution >= 4 is 15.8 Å². The van der Waals surface area contributed by atoms with Gasteiger partial charge in [-0.2, -0.15) is 0 Å². The van der Waals surface area contributed by atoms with Gasteiger partial charge in [-0.1, -0.05) is 55.8 Å². The smallest absolute Gasteiger partial charge is 0.0147 e. The molecule has 21 heavy (non-hydrogen) atoms. The van der Waals surface area contributed by atoms with E-state index in [0.717, 1.165) is 18.8 Å². The standard InChI is InChI=1S/C19H27NS/c1-5-20(6-2)21(14-12-17(3)4)15-13-19(16-21)18-10-8-7-9-11-18/h7-13,15-16H,5-6,14H2,1-4H3. The molecule has 0 aliphatic carbocycles. The zero-order chi connectivity index (χ0) is 15.3. The van der Waals surface area contributed by atoms with Crippen molar-refractivity contribution in [3.63, 3.8) is 0 Å². The van der Waals surface area contributed by atoms with Crippen molar-refractivity contribution in [1.82, 2.24) is 4.31 Å². The molecular formula is C19H27NS. The lowest BCUT2D eigenvalue weighted by Gasteiger charge is -2.42. The van der Waals surface area contributed by atoms with Crippen molar-refractivity contribution in [3.05, 3.63) is 64.4 Å². The molecule has 0 saturated carbocycles. The van der Waals surface area contributed by atoms with Gasteiger partial charge < -0.3 is 0 Å². The normalized spacial score (nSPS) is 23.8. The van der Waals surface area contributed by atoms with Crippen LogP contribution in [0.25, 0.3) is 5.57 Å². The fourth-order valence-corrected chi connectivity index (χ4v) is 6.07. The molecule has 114 valence electrons. The molecule has 0 saturated heterocycles. The molecule has 1 heterocycles. The Labute approximate surface area is 131 Å². The molecule has 0 radical (unpaired) electrons. The van der Waals surface area contributed by atoms with E-state index < -0.39 is 10.2 Å². The third-order valence-electron chi connectivity index (χ3n) is 3.87. The summed E-state index contributed by atoms with van der Waals surface area (Å²) in [7, 11) is -0.980. The molecule has 0 bridgehead atoms. The summed E-state index contributed by atoms with van der Waals surface area (Å²) in [6.45, 7) is 11.1. The first-order valence-corrected chi connectivity index (χ1v) is 9.64. The lowest BCUT2D eigenvalue weighted by molar-refractivity contribution is 0.516. The van der Waals surface area contributed by atoms with E-state index in [-0.39, 0.29) is 0 Å². The third-order valence-corrected chi connectivity index (χ3v) is 7.31. The second-order valence-electron chi connectivity index (χ2n) is 5.61. The van der Waals surface area contributed by atoms with Crippen LogP contribution in [-0.4, -0.2) is 23.1 Å². The van der Waals surface area contributed by atoms with Gasteiger partial charge in [-0.05, 0) is 41.9 Å². The van der Waals surface area contributed by atoms with Gasteiger partial charge in [-0.25, -0.2) is 0 Å². The van der Waals surface area contributed by atoms with Crippen molar-refractivity contribution in [2.45, 2.75) is 27.7 Å². The SMILES string of the molecule is CCN(CC)S1(CC=C(C)C)C=CC(c2ccccc2)=C1. The van der Waals surface area contributed by atoms with Crippen LogP contribution in [0.1, 0.15) is 33.3 Å². The molecule has 1 nitrogen and oxygen atoms in total. The molecular weight excluding hydrogens is 274 g/mol. The predicted octanol–water partition coefficient (Wildman–Crippen LogP) is 5.58. The molecule has 1 aromatic carbocycles. The predicted molar refractivity (Wildman–Crippen MR) is 98.4 cm³/mol. The molecule has 1 aliphatic rings. The van der Waals surface area contributed by atoms with Crippen LogP contribution in [0, 0.1) is 0 Å². The Bertz CT molecular complexity index is 548. The molecule has 2 rings (SSSR count). The molecule has 0 N–H and O–H groups in total. The van der Waals surface area contributed by atoms with Crippen LogP contribution < -0.4 is 0 Å². The summed E-state index contributed by atoms with van der Waals surface area (Å²) in [6.07, 6.45) is 4.71. The lowest BCUT2D eigenvalue weighted by Crippen LogP contribution is -2.26. The second-order valence-corrected chi connectivity index (χ2v) is 8.59. The van der Waals surface area contributed by atoms with Crippen LogP contribution in [-0.2, 0) is 0 Å². The Hall–Kier alpha value is -1.25. The van der Waals surface area contributed by atoms with E-state index in [1.54, 1.807) is 0 Å². The van der Waals surface area contributed by atoms with Gasteiger partial charge in [-0.15, -0.1) is 10.2 Å². The van der Waals surface area contributed by atoms with Gasteiger partial charge in [0.25, 0.3) is 0 Å². The van der Waals surface area contributed by atoms with Crippen molar-refractivity contribution < 1.29 is 0 Å². The zero-order valence-corrected chi connectivity index (χ0v) is 14.5. The summed E-state index contributed by atoms with van der Waals surface area (Å²) < 4.78 is 2.62. The highest BCUT2D eigenvalue weighted by molar-refractivity contribution is 8.37. The fraction of sp³-hybridized carbons (Fsp3) is 0.368. The Morgan fingerprint density at radius 2 is 1.76 bits per heavy atom. The van der Waals surface area contributed by atoms with Crippen LogP contribution in [0.3, 0.4) is 0 Å². The second kappa shape index (κ2) is 7.15. The van der Waals surface area contributed by atoms with Gasteiger partial charge in [0.05, 0.1) is 0 Å².